The van der Waals surface area contributed by atoms with E-state index < -0.39 is 11.7 Å². The van der Waals surface area contributed by atoms with E-state index in [4.69, 9.17) is 5.73 Å². The average molecular weight is 246 g/mol. The first kappa shape index (κ1) is 13.3. The van der Waals surface area contributed by atoms with Crippen LogP contribution in [0.5, 0.6) is 0 Å². The third-order valence-corrected chi connectivity index (χ3v) is 2.09. The second kappa shape index (κ2) is 4.60. The van der Waals surface area contributed by atoms with Gasteiger partial charge in [0.1, 0.15) is 17.8 Å². The van der Waals surface area contributed by atoms with E-state index in [0.29, 0.717) is 0 Å². The van der Waals surface area contributed by atoms with Gasteiger partial charge in [0, 0.05) is 13.2 Å². The van der Waals surface area contributed by atoms with Gasteiger partial charge >= 0.3 is 6.18 Å². The smallest absolute Gasteiger partial charge is 0.383 e. The number of halogens is 3. The molecular formula is C10H13F3N4. The van der Waals surface area contributed by atoms with Crippen LogP contribution in [0.4, 0.5) is 19.0 Å². The molecule has 7 heteroatoms. The summed E-state index contributed by atoms with van der Waals surface area (Å²) < 4.78 is 39.0. The van der Waals surface area contributed by atoms with Crippen molar-refractivity contribution in [2.75, 3.05) is 5.73 Å². The lowest BCUT2D eigenvalue weighted by molar-refractivity contribution is -0.136. The molecule has 0 aliphatic rings. The minimum Gasteiger partial charge on any atom is -0.383 e. The van der Waals surface area contributed by atoms with Gasteiger partial charge in [0.2, 0.25) is 0 Å². The summed E-state index contributed by atoms with van der Waals surface area (Å²) in [7, 11) is 1.48. The van der Waals surface area contributed by atoms with Gasteiger partial charge in [0.15, 0.2) is 0 Å². The lowest BCUT2D eigenvalue weighted by Crippen LogP contribution is -2.05. The van der Waals surface area contributed by atoms with Gasteiger partial charge in [-0.05, 0) is 0 Å². The zero-order valence-electron chi connectivity index (χ0n) is 9.71. The number of anilines is 1. The fourth-order valence-corrected chi connectivity index (χ4v) is 1.45. The highest BCUT2D eigenvalue weighted by molar-refractivity contribution is 5.90. The van der Waals surface area contributed by atoms with Crippen molar-refractivity contribution in [1.82, 2.24) is 14.5 Å². The van der Waals surface area contributed by atoms with Crippen molar-refractivity contribution in [3.63, 3.8) is 0 Å². The van der Waals surface area contributed by atoms with E-state index >= 15 is 0 Å². The summed E-state index contributed by atoms with van der Waals surface area (Å²) in [6, 6.07) is 0. The van der Waals surface area contributed by atoms with E-state index in [1.165, 1.54) is 11.6 Å². The van der Waals surface area contributed by atoms with E-state index in [-0.39, 0.29) is 16.9 Å². The van der Waals surface area contributed by atoms with Crippen LogP contribution in [-0.2, 0) is 13.2 Å². The normalized spacial score (nSPS) is 11.2. The summed E-state index contributed by atoms with van der Waals surface area (Å²) in [4.78, 5) is 7.30. The molecule has 2 heterocycles. The lowest BCUT2D eigenvalue weighted by Gasteiger charge is -2.04. The molecule has 0 fully saturated rings. The highest BCUT2D eigenvalue weighted by Crippen LogP contribution is 2.36. The van der Waals surface area contributed by atoms with Crippen LogP contribution in [0.3, 0.4) is 0 Å². The Kier molecular flexibility index (Phi) is 3.59. The van der Waals surface area contributed by atoms with Crippen molar-refractivity contribution in [2.24, 2.45) is 7.05 Å². The van der Waals surface area contributed by atoms with Gasteiger partial charge in [-0.25, -0.2) is 9.97 Å². The first-order valence-corrected chi connectivity index (χ1v) is 5.04. The Hall–Kier alpha value is -1.79. The fourth-order valence-electron chi connectivity index (χ4n) is 1.45. The number of hydrogen-bond donors (Lipinski definition) is 1. The molecule has 94 valence electrons. The van der Waals surface area contributed by atoms with Crippen LogP contribution in [-0.4, -0.2) is 14.5 Å². The third-order valence-electron chi connectivity index (χ3n) is 2.09. The Bertz CT molecular complexity index is 516. The molecule has 0 spiro atoms. The topological polar surface area (TPSA) is 56.7 Å². The minimum absolute atomic E-state index is 0.146. The van der Waals surface area contributed by atoms with Crippen molar-refractivity contribution in [3.05, 3.63) is 18.1 Å². The van der Waals surface area contributed by atoms with Crippen LogP contribution in [0.2, 0.25) is 0 Å². The number of aryl methyl sites for hydroxylation is 1. The minimum atomic E-state index is -4.45. The van der Waals surface area contributed by atoms with E-state index in [9.17, 15) is 13.2 Å². The second-order valence-corrected chi connectivity index (χ2v) is 3.11. The molecule has 0 bridgehead atoms. The summed E-state index contributed by atoms with van der Waals surface area (Å²) >= 11 is 0. The number of nitrogen functional groups attached to an aromatic ring is 1. The van der Waals surface area contributed by atoms with Gasteiger partial charge in [-0.15, -0.1) is 0 Å². The summed E-state index contributed by atoms with van der Waals surface area (Å²) in [6.45, 7) is 4.00. The van der Waals surface area contributed by atoms with E-state index in [1.807, 2.05) is 13.8 Å². The number of alkyl halides is 3. The van der Waals surface area contributed by atoms with E-state index in [1.54, 1.807) is 0 Å². The number of rotatable bonds is 0. The summed E-state index contributed by atoms with van der Waals surface area (Å²) in [6.07, 6.45) is -2.36. The molecule has 0 radical (unpaired) electrons. The van der Waals surface area contributed by atoms with Crippen molar-refractivity contribution in [2.45, 2.75) is 20.0 Å². The number of aromatic nitrogens is 3. The molecule has 2 aromatic rings. The van der Waals surface area contributed by atoms with Crippen LogP contribution >= 0.6 is 0 Å². The van der Waals surface area contributed by atoms with Crippen molar-refractivity contribution >= 4 is 16.9 Å². The predicted molar refractivity (Wildman–Crippen MR) is 59.3 cm³/mol. The highest BCUT2D eigenvalue weighted by atomic mass is 19.4. The highest BCUT2D eigenvalue weighted by Gasteiger charge is 2.35. The summed E-state index contributed by atoms with van der Waals surface area (Å²) in [5.74, 6) is -0.159. The summed E-state index contributed by atoms with van der Waals surface area (Å²) in [5, 5.41) is -0.146. The molecule has 0 amide bonds. The summed E-state index contributed by atoms with van der Waals surface area (Å²) in [5.41, 5.74) is 4.77. The van der Waals surface area contributed by atoms with Crippen molar-refractivity contribution in [1.29, 1.82) is 0 Å². The molecule has 0 saturated carbocycles. The molecule has 2 aromatic heterocycles. The quantitative estimate of drug-likeness (QED) is 0.777. The standard InChI is InChI=1S/C8H7F3N4.C2H6/c1-15-2-4(8(9,10)11)5-6(12)13-3-14-7(5)15;1-2/h2-3H,1H3,(H2,12,13,14);1-2H3. The van der Waals surface area contributed by atoms with Crippen LogP contribution in [0.1, 0.15) is 19.4 Å². The Morgan fingerprint density at radius 3 is 2.35 bits per heavy atom. The van der Waals surface area contributed by atoms with Gasteiger partial charge in [-0.2, -0.15) is 13.2 Å². The Labute approximate surface area is 96.3 Å². The average Bonchev–Trinajstić information content (AvgIpc) is 2.61. The second-order valence-electron chi connectivity index (χ2n) is 3.11. The fraction of sp³-hybridized carbons (Fsp3) is 0.400. The number of nitrogens with two attached hydrogens (primary N) is 1. The molecule has 2 N–H and O–H groups in total. The molecule has 0 unspecified atom stereocenters. The predicted octanol–water partition coefficient (Wildman–Crippen LogP) is 2.60. The Morgan fingerprint density at radius 2 is 1.82 bits per heavy atom. The van der Waals surface area contributed by atoms with Gasteiger partial charge in [-0.3, -0.25) is 0 Å². The van der Waals surface area contributed by atoms with E-state index in [0.717, 1.165) is 12.5 Å². The molecular weight excluding hydrogens is 233 g/mol. The molecule has 0 saturated heterocycles. The first-order valence-electron chi connectivity index (χ1n) is 5.04. The van der Waals surface area contributed by atoms with Gasteiger partial charge < -0.3 is 10.3 Å². The Balaban J connectivity index is 0.000000686. The van der Waals surface area contributed by atoms with Gasteiger partial charge in [-0.1, -0.05) is 13.8 Å². The first-order chi connectivity index (χ1) is 7.91. The van der Waals surface area contributed by atoms with Crippen LogP contribution < -0.4 is 5.73 Å². The van der Waals surface area contributed by atoms with Crippen LogP contribution in [0, 0.1) is 0 Å². The maximum Gasteiger partial charge on any atom is 0.418 e. The zero-order chi connectivity index (χ0) is 13.2. The number of hydrogen-bond acceptors (Lipinski definition) is 3. The largest absolute Gasteiger partial charge is 0.418 e. The molecule has 4 nitrogen and oxygen atoms in total. The zero-order valence-corrected chi connectivity index (χ0v) is 9.71. The van der Waals surface area contributed by atoms with Gasteiger partial charge in [0.05, 0.1) is 10.9 Å². The maximum absolute atomic E-state index is 12.6. The van der Waals surface area contributed by atoms with Crippen molar-refractivity contribution in [3.8, 4) is 0 Å². The SMILES string of the molecule is CC.Cn1cc(C(F)(F)F)c2c(N)ncnc21. The van der Waals surface area contributed by atoms with Gasteiger partial charge in [0.25, 0.3) is 0 Å². The molecule has 0 aliphatic carbocycles. The number of fused-ring (bicyclic) bond motifs is 1. The van der Waals surface area contributed by atoms with Crippen molar-refractivity contribution < 1.29 is 13.2 Å². The lowest BCUT2D eigenvalue weighted by atomic mass is 10.2. The van der Waals surface area contributed by atoms with Crippen LogP contribution in [0.15, 0.2) is 12.5 Å². The van der Waals surface area contributed by atoms with E-state index in [2.05, 4.69) is 9.97 Å². The number of nitrogens with zero attached hydrogens (tertiary/aromatic N) is 3. The molecule has 0 atom stereocenters. The monoisotopic (exact) mass is 246 g/mol. The Morgan fingerprint density at radius 1 is 1.24 bits per heavy atom. The molecule has 2 rings (SSSR count). The van der Waals surface area contributed by atoms with Crippen LogP contribution in [0.25, 0.3) is 11.0 Å². The third kappa shape index (κ3) is 2.32. The molecule has 0 aliphatic heterocycles. The molecule has 0 aromatic carbocycles. The maximum atomic E-state index is 12.6. The molecule has 17 heavy (non-hydrogen) atoms.